The molecule has 0 aromatic rings. The van der Waals surface area contributed by atoms with Gasteiger partial charge in [-0.15, -0.1) is 0 Å². The van der Waals surface area contributed by atoms with Gasteiger partial charge in [0, 0.05) is 0 Å². The topological polar surface area (TPSA) is 69.7 Å². The monoisotopic (exact) mass is 196 g/mol. The molecule has 0 unspecified atom stereocenters. The quantitative estimate of drug-likeness (QED) is 0.454. The zero-order valence-electron chi connectivity index (χ0n) is 7.07. The number of ether oxygens (including phenoxy) is 1. The van der Waals surface area contributed by atoms with E-state index >= 15 is 0 Å². The van der Waals surface area contributed by atoms with Gasteiger partial charge in [0.15, 0.2) is 6.61 Å². The normalized spacial score (nSPS) is 11.2. The maximum absolute atomic E-state index is 10.7. The fraction of sp³-hybridized carbons (Fsp3) is 0.833. The van der Waals surface area contributed by atoms with Crippen LogP contribution in [-0.2, 0) is 23.8 Å². The van der Waals surface area contributed by atoms with Crippen LogP contribution in [0.1, 0.15) is 13.8 Å². The van der Waals surface area contributed by atoms with Crippen molar-refractivity contribution in [2.24, 2.45) is 0 Å². The highest BCUT2D eigenvalue weighted by Gasteiger charge is 2.11. The molecule has 0 aliphatic carbocycles. The second-order valence-electron chi connectivity index (χ2n) is 1.91. The van der Waals surface area contributed by atoms with Gasteiger partial charge in [0.1, 0.15) is 0 Å². The van der Waals surface area contributed by atoms with Crippen molar-refractivity contribution in [3.63, 3.8) is 0 Å². The maximum atomic E-state index is 10.7. The average Bonchev–Trinajstić information content (AvgIpc) is 2.02. The second-order valence-corrected chi connectivity index (χ2v) is 3.84. The predicted molar refractivity (Wildman–Crippen MR) is 42.0 cm³/mol. The van der Waals surface area contributed by atoms with Gasteiger partial charge in [-0.3, -0.25) is 4.18 Å². The minimum Gasteiger partial charge on any atom is -0.464 e. The molecule has 0 radical (unpaired) electrons. The summed E-state index contributed by atoms with van der Waals surface area (Å²) in [5.41, 5.74) is 0. The van der Waals surface area contributed by atoms with Crippen molar-refractivity contribution >= 4 is 16.1 Å². The third-order valence-electron chi connectivity index (χ3n) is 1.02. The van der Waals surface area contributed by atoms with Gasteiger partial charge in [-0.25, -0.2) is 4.79 Å². The van der Waals surface area contributed by atoms with E-state index in [9.17, 15) is 13.2 Å². The SMILES string of the molecule is CCOC(=O)COS(=O)(=O)CC. The highest BCUT2D eigenvalue weighted by Crippen LogP contribution is 1.92. The number of rotatable bonds is 5. The molecule has 0 saturated heterocycles. The van der Waals surface area contributed by atoms with Gasteiger partial charge in [0.25, 0.3) is 10.1 Å². The van der Waals surface area contributed by atoms with Gasteiger partial charge >= 0.3 is 5.97 Å². The summed E-state index contributed by atoms with van der Waals surface area (Å²) in [6.07, 6.45) is 0. The molecule has 0 amide bonds. The van der Waals surface area contributed by atoms with Crippen molar-refractivity contribution in [2.45, 2.75) is 13.8 Å². The first-order valence-corrected chi connectivity index (χ1v) is 5.12. The Bertz CT molecular complexity index is 230. The number of hydrogen-bond acceptors (Lipinski definition) is 5. The van der Waals surface area contributed by atoms with Crippen LogP contribution in [-0.4, -0.2) is 33.4 Å². The summed E-state index contributed by atoms with van der Waals surface area (Å²) in [5.74, 6) is -0.818. The summed E-state index contributed by atoms with van der Waals surface area (Å²) < 4.78 is 30.1. The Kier molecular flexibility index (Phi) is 4.84. The van der Waals surface area contributed by atoms with Crippen LogP contribution < -0.4 is 0 Å². The molecule has 5 nitrogen and oxygen atoms in total. The minimum atomic E-state index is -3.53. The van der Waals surface area contributed by atoms with E-state index in [1.54, 1.807) is 6.92 Å². The van der Waals surface area contributed by atoms with E-state index in [-0.39, 0.29) is 12.4 Å². The van der Waals surface area contributed by atoms with E-state index in [4.69, 9.17) is 0 Å². The second kappa shape index (κ2) is 5.10. The first-order chi connectivity index (χ1) is 5.52. The van der Waals surface area contributed by atoms with Gasteiger partial charge in [-0.05, 0) is 13.8 Å². The highest BCUT2D eigenvalue weighted by molar-refractivity contribution is 7.86. The molecule has 0 aromatic heterocycles. The molecule has 0 fully saturated rings. The Balaban J connectivity index is 3.76. The van der Waals surface area contributed by atoms with Crippen molar-refractivity contribution in [1.82, 2.24) is 0 Å². The Hall–Kier alpha value is -0.620. The first-order valence-electron chi connectivity index (χ1n) is 3.54. The fourth-order valence-corrected chi connectivity index (χ4v) is 0.866. The molecule has 0 heterocycles. The van der Waals surface area contributed by atoms with Crippen LogP contribution in [0.4, 0.5) is 0 Å². The zero-order valence-corrected chi connectivity index (χ0v) is 7.89. The Labute approximate surface area is 71.8 Å². The van der Waals surface area contributed by atoms with Gasteiger partial charge in [0.2, 0.25) is 0 Å². The Morgan fingerprint density at radius 2 is 1.92 bits per heavy atom. The lowest BCUT2D eigenvalue weighted by Gasteiger charge is -2.02. The summed E-state index contributed by atoms with van der Waals surface area (Å²) in [4.78, 5) is 10.6. The number of carbonyl (C=O) groups is 1. The summed E-state index contributed by atoms with van der Waals surface area (Å²) in [6.45, 7) is 2.74. The molecule has 72 valence electrons. The molecule has 0 aliphatic heterocycles. The third-order valence-corrected chi connectivity index (χ3v) is 2.20. The largest absolute Gasteiger partial charge is 0.464 e. The van der Waals surface area contributed by atoms with E-state index in [1.165, 1.54) is 6.92 Å². The van der Waals surface area contributed by atoms with Crippen molar-refractivity contribution in [2.75, 3.05) is 19.0 Å². The molecular weight excluding hydrogens is 184 g/mol. The molecule has 0 aromatic carbocycles. The van der Waals surface area contributed by atoms with Crippen LogP contribution in [0, 0.1) is 0 Å². The van der Waals surface area contributed by atoms with E-state index < -0.39 is 22.7 Å². The van der Waals surface area contributed by atoms with Crippen molar-refractivity contribution < 1.29 is 22.1 Å². The molecule has 12 heavy (non-hydrogen) atoms. The van der Waals surface area contributed by atoms with Crippen LogP contribution in [0.15, 0.2) is 0 Å². The summed E-state index contributed by atoms with van der Waals surface area (Å²) in [6, 6.07) is 0. The smallest absolute Gasteiger partial charge is 0.333 e. The lowest BCUT2D eigenvalue weighted by atomic mass is 10.7. The summed E-state index contributed by atoms with van der Waals surface area (Å²) >= 11 is 0. The fourth-order valence-electron chi connectivity index (χ4n) is 0.424. The molecule has 0 N–H and O–H groups in total. The highest BCUT2D eigenvalue weighted by atomic mass is 32.2. The van der Waals surface area contributed by atoms with E-state index in [0.29, 0.717) is 0 Å². The minimum absolute atomic E-state index is 0.146. The molecular formula is C6H12O5S. The Morgan fingerprint density at radius 3 is 2.33 bits per heavy atom. The molecule has 0 saturated carbocycles. The number of esters is 1. The molecule has 0 aliphatic rings. The van der Waals surface area contributed by atoms with Crippen LogP contribution in [0.5, 0.6) is 0 Å². The molecule has 0 bridgehead atoms. The van der Waals surface area contributed by atoms with Gasteiger partial charge in [0.05, 0.1) is 12.4 Å². The van der Waals surface area contributed by atoms with E-state index in [0.717, 1.165) is 0 Å². The van der Waals surface area contributed by atoms with E-state index in [2.05, 4.69) is 8.92 Å². The lowest BCUT2D eigenvalue weighted by molar-refractivity contribution is -0.145. The van der Waals surface area contributed by atoms with Crippen molar-refractivity contribution in [3.8, 4) is 0 Å². The van der Waals surface area contributed by atoms with Crippen LogP contribution >= 0.6 is 0 Å². The number of carbonyl (C=O) groups excluding carboxylic acids is 1. The molecule has 6 heteroatoms. The van der Waals surface area contributed by atoms with Gasteiger partial charge in [-0.2, -0.15) is 8.42 Å². The standard InChI is InChI=1S/C6H12O5S/c1-3-10-6(7)5-11-12(8,9)4-2/h3-5H2,1-2H3. The van der Waals surface area contributed by atoms with Gasteiger partial charge in [-0.1, -0.05) is 0 Å². The average molecular weight is 196 g/mol. The third kappa shape index (κ3) is 5.09. The Morgan fingerprint density at radius 1 is 1.33 bits per heavy atom. The lowest BCUT2D eigenvalue weighted by Crippen LogP contribution is -2.17. The summed E-state index contributed by atoms with van der Waals surface area (Å²) in [5, 5.41) is 0. The first kappa shape index (κ1) is 11.4. The summed E-state index contributed by atoms with van der Waals surface area (Å²) in [7, 11) is -3.53. The van der Waals surface area contributed by atoms with Crippen LogP contribution in [0.2, 0.25) is 0 Å². The van der Waals surface area contributed by atoms with Crippen molar-refractivity contribution in [3.05, 3.63) is 0 Å². The van der Waals surface area contributed by atoms with Crippen LogP contribution in [0.25, 0.3) is 0 Å². The molecule has 0 spiro atoms. The molecule has 0 rings (SSSR count). The predicted octanol–water partition coefficient (Wildman–Crippen LogP) is -0.0842. The maximum Gasteiger partial charge on any atom is 0.333 e. The zero-order chi connectivity index (χ0) is 9.61. The number of hydrogen-bond donors (Lipinski definition) is 0. The van der Waals surface area contributed by atoms with E-state index in [1.807, 2.05) is 0 Å². The van der Waals surface area contributed by atoms with Crippen LogP contribution in [0.3, 0.4) is 0 Å². The van der Waals surface area contributed by atoms with Crippen molar-refractivity contribution in [1.29, 1.82) is 0 Å². The molecule has 0 atom stereocenters. The van der Waals surface area contributed by atoms with Gasteiger partial charge < -0.3 is 4.74 Å².